The van der Waals surface area contributed by atoms with Gasteiger partial charge in [-0.15, -0.1) is 0 Å². The minimum Gasteiger partial charge on any atom is -0.492 e. The number of nitrogen functional groups attached to an aromatic ring is 1. The molecule has 0 saturated carbocycles. The van der Waals surface area contributed by atoms with Crippen LogP contribution in [0.4, 0.5) is 10.1 Å². The summed E-state index contributed by atoms with van der Waals surface area (Å²) in [6.07, 6.45) is 0. The van der Waals surface area contributed by atoms with Crippen molar-refractivity contribution in [2.24, 2.45) is 0 Å². The smallest absolute Gasteiger partial charge is 0.358 e. The van der Waals surface area contributed by atoms with E-state index in [9.17, 15) is 9.18 Å². The number of aromatic nitrogens is 1. The van der Waals surface area contributed by atoms with Crippen molar-refractivity contribution in [1.29, 1.82) is 0 Å². The first-order valence-electron chi connectivity index (χ1n) is 7.27. The maximum Gasteiger partial charge on any atom is 0.358 e. The lowest BCUT2D eigenvalue weighted by Crippen LogP contribution is -2.08. The van der Waals surface area contributed by atoms with Crippen molar-refractivity contribution in [1.82, 2.24) is 4.98 Å². The number of benzene rings is 1. The molecule has 0 unspecified atom stereocenters. The summed E-state index contributed by atoms with van der Waals surface area (Å²) in [5.74, 6) is -2.62. The SMILES string of the molecule is [2H]C([2H])([2H])Oc1c(Cl)ccc(-c2cc(N)c(Cl)c(C(=O)OC)n2)c1F. The molecule has 0 aliphatic rings. The zero-order chi connectivity index (χ0) is 18.9. The number of halogens is 3. The second-order valence-electron chi connectivity index (χ2n) is 4.09. The van der Waals surface area contributed by atoms with Gasteiger partial charge in [-0.2, -0.15) is 0 Å². The Hall–Kier alpha value is -2.05. The molecular weight excluding hydrogens is 334 g/mol. The number of pyridine rings is 1. The Bertz CT molecular complexity index is 847. The van der Waals surface area contributed by atoms with Gasteiger partial charge in [0.15, 0.2) is 17.3 Å². The molecule has 0 atom stereocenters. The van der Waals surface area contributed by atoms with Crippen molar-refractivity contribution in [2.75, 3.05) is 19.9 Å². The van der Waals surface area contributed by atoms with E-state index >= 15 is 0 Å². The zero-order valence-corrected chi connectivity index (χ0v) is 12.6. The monoisotopic (exact) mass is 347 g/mol. The van der Waals surface area contributed by atoms with Gasteiger partial charge in [-0.05, 0) is 18.2 Å². The Morgan fingerprint density at radius 1 is 1.45 bits per heavy atom. The molecule has 0 saturated heterocycles. The molecule has 2 rings (SSSR count). The summed E-state index contributed by atoms with van der Waals surface area (Å²) in [6.45, 7) is 0. The Labute approximate surface area is 140 Å². The number of esters is 1. The van der Waals surface area contributed by atoms with Crippen LogP contribution in [0.3, 0.4) is 0 Å². The van der Waals surface area contributed by atoms with Crippen LogP contribution in [0.25, 0.3) is 11.3 Å². The van der Waals surface area contributed by atoms with E-state index in [1.54, 1.807) is 0 Å². The quantitative estimate of drug-likeness (QED) is 0.859. The van der Waals surface area contributed by atoms with Gasteiger partial charge in [0.1, 0.15) is 0 Å². The summed E-state index contributed by atoms with van der Waals surface area (Å²) in [4.78, 5) is 15.7. The van der Waals surface area contributed by atoms with Gasteiger partial charge in [-0.3, -0.25) is 0 Å². The van der Waals surface area contributed by atoms with Crippen molar-refractivity contribution in [3.63, 3.8) is 0 Å². The first kappa shape index (κ1) is 12.5. The number of ether oxygens (including phenoxy) is 2. The molecule has 22 heavy (non-hydrogen) atoms. The average Bonchev–Trinajstić information content (AvgIpc) is 2.52. The van der Waals surface area contributed by atoms with E-state index in [0.717, 1.165) is 7.11 Å². The summed E-state index contributed by atoms with van der Waals surface area (Å²) in [5, 5.41) is -0.392. The average molecular weight is 348 g/mol. The lowest BCUT2D eigenvalue weighted by Gasteiger charge is -2.11. The van der Waals surface area contributed by atoms with Gasteiger partial charge in [0.2, 0.25) is 0 Å². The Morgan fingerprint density at radius 3 is 2.82 bits per heavy atom. The van der Waals surface area contributed by atoms with Crippen LogP contribution in [0.5, 0.6) is 5.75 Å². The molecule has 1 aromatic heterocycles. The Balaban J connectivity index is 2.65. The highest BCUT2D eigenvalue weighted by atomic mass is 35.5. The Kier molecular flexibility index (Phi) is 3.62. The normalized spacial score (nSPS) is 13.0. The van der Waals surface area contributed by atoms with Crippen molar-refractivity contribution in [3.05, 3.63) is 39.8 Å². The van der Waals surface area contributed by atoms with Crippen LogP contribution in [-0.4, -0.2) is 25.1 Å². The second kappa shape index (κ2) is 6.37. The molecule has 5 nitrogen and oxygen atoms in total. The predicted octanol–water partition coefficient (Wildman–Crippen LogP) is 3.57. The van der Waals surface area contributed by atoms with Crippen molar-refractivity contribution < 1.29 is 22.8 Å². The van der Waals surface area contributed by atoms with Gasteiger partial charge >= 0.3 is 5.97 Å². The molecule has 0 fully saturated rings. The minimum absolute atomic E-state index is 0.0419. The molecule has 2 aromatic rings. The van der Waals surface area contributed by atoms with Gasteiger partial charge in [0.25, 0.3) is 0 Å². The molecule has 0 radical (unpaired) electrons. The van der Waals surface area contributed by atoms with Crippen molar-refractivity contribution in [2.45, 2.75) is 0 Å². The van der Waals surface area contributed by atoms with Crippen LogP contribution in [-0.2, 0) is 4.74 Å². The third-order valence-corrected chi connectivity index (χ3v) is 3.49. The molecule has 1 heterocycles. The lowest BCUT2D eigenvalue weighted by molar-refractivity contribution is 0.0594. The number of carbonyl (C=O) groups is 1. The molecule has 116 valence electrons. The highest BCUT2D eigenvalue weighted by molar-refractivity contribution is 6.35. The van der Waals surface area contributed by atoms with E-state index in [1.807, 2.05) is 0 Å². The fourth-order valence-electron chi connectivity index (χ4n) is 1.74. The number of anilines is 1. The maximum absolute atomic E-state index is 14.7. The summed E-state index contributed by atoms with van der Waals surface area (Å²) >= 11 is 11.7. The Morgan fingerprint density at radius 2 is 2.18 bits per heavy atom. The number of hydrogen-bond acceptors (Lipinski definition) is 5. The molecule has 0 aliphatic heterocycles. The van der Waals surface area contributed by atoms with Crippen LogP contribution >= 0.6 is 23.2 Å². The molecule has 1 aromatic carbocycles. The van der Waals surface area contributed by atoms with Gasteiger partial charge in [-0.25, -0.2) is 14.2 Å². The standard InChI is InChI=1S/C14H11Cl2FN2O3/c1-21-13-7(15)4-3-6(11(13)17)9-5-8(18)10(16)12(19-9)14(20)22-2/h3-5H,1-2H3,(H2,18,19)/i1D3. The van der Waals surface area contributed by atoms with Gasteiger partial charge in [-0.1, -0.05) is 23.2 Å². The predicted molar refractivity (Wildman–Crippen MR) is 82.0 cm³/mol. The number of carbonyl (C=O) groups excluding carboxylic acids is 1. The number of methoxy groups -OCH3 is 2. The largest absolute Gasteiger partial charge is 0.492 e. The van der Waals surface area contributed by atoms with Crippen LogP contribution in [0.1, 0.15) is 14.6 Å². The molecule has 0 aliphatic carbocycles. The first-order valence-corrected chi connectivity index (χ1v) is 6.52. The summed E-state index contributed by atoms with van der Waals surface area (Å²) in [6, 6.07) is 3.69. The van der Waals surface area contributed by atoms with E-state index in [4.69, 9.17) is 33.0 Å². The van der Waals surface area contributed by atoms with Crippen molar-refractivity contribution in [3.8, 4) is 17.0 Å². The molecular formula is C14H11Cl2FN2O3. The molecule has 8 heteroatoms. The van der Waals surface area contributed by atoms with E-state index in [1.165, 1.54) is 18.2 Å². The van der Waals surface area contributed by atoms with Crippen LogP contribution in [0.2, 0.25) is 10.0 Å². The summed E-state index contributed by atoms with van der Waals surface area (Å²) < 4.78 is 45.1. The topological polar surface area (TPSA) is 74.4 Å². The van der Waals surface area contributed by atoms with E-state index in [0.29, 0.717) is 0 Å². The van der Waals surface area contributed by atoms with Crippen LogP contribution in [0, 0.1) is 5.82 Å². The van der Waals surface area contributed by atoms with Gasteiger partial charge in [0.05, 0.1) is 39.7 Å². The number of hydrogen-bond donors (Lipinski definition) is 1. The summed E-state index contributed by atoms with van der Waals surface area (Å²) in [5.41, 5.74) is 5.11. The van der Waals surface area contributed by atoms with Gasteiger partial charge < -0.3 is 15.2 Å². The number of nitrogens with two attached hydrogens (primary N) is 1. The molecule has 0 bridgehead atoms. The number of rotatable bonds is 3. The van der Waals surface area contributed by atoms with E-state index in [-0.39, 0.29) is 32.7 Å². The van der Waals surface area contributed by atoms with Crippen LogP contribution < -0.4 is 10.5 Å². The zero-order valence-electron chi connectivity index (χ0n) is 14.1. The first-order chi connectivity index (χ1) is 11.5. The van der Waals surface area contributed by atoms with Crippen LogP contribution in [0.15, 0.2) is 18.2 Å². The molecule has 0 spiro atoms. The highest BCUT2D eigenvalue weighted by Crippen LogP contribution is 2.36. The maximum atomic E-state index is 14.7. The highest BCUT2D eigenvalue weighted by Gasteiger charge is 2.21. The van der Waals surface area contributed by atoms with E-state index in [2.05, 4.69) is 14.5 Å². The van der Waals surface area contributed by atoms with Crippen molar-refractivity contribution >= 4 is 34.9 Å². The third kappa shape index (κ3) is 2.80. The lowest BCUT2D eigenvalue weighted by atomic mass is 10.1. The molecule has 2 N–H and O–H groups in total. The minimum atomic E-state index is -2.91. The number of nitrogens with zero attached hydrogens (tertiary/aromatic N) is 1. The fraction of sp³-hybridized carbons (Fsp3) is 0.143. The fourth-order valence-corrected chi connectivity index (χ4v) is 2.10. The third-order valence-electron chi connectivity index (χ3n) is 2.79. The molecule has 0 amide bonds. The van der Waals surface area contributed by atoms with E-state index < -0.39 is 24.6 Å². The summed E-state index contributed by atoms with van der Waals surface area (Å²) in [7, 11) is -1.79. The van der Waals surface area contributed by atoms with Gasteiger partial charge in [0, 0.05) is 5.56 Å². The second-order valence-corrected chi connectivity index (χ2v) is 4.88.